The third-order valence-electron chi connectivity index (χ3n) is 3.21. The van der Waals surface area contributed by atoms with Crippen molar-refractivity contribution in [3.05, 3.63) is 63.6 Å². The average Bonchev–Trinajstić information content (AvgIpc) is 2.61. The molecule has 0 atom stereocenters. The van der Waals surface area contributed by atoms with Crippen molar-refractivity contribution in [3.8, 4) is 11.8 Å². The van der Waals surface area contributed by atoms with Crippen molar-refractivity contribution in [3.63, 3.8) is 0 Å². The number of carbonyl (C=O) groups is 1. The molecule has 1 amide bonds. The van der Waals surface area contributed by atoms with E-state index in [4.69, 9.17) is 27.9 Å². The Morgan fingerprint density at radius 3 is 2.56 bits per heavy atom. The molecule has 6 heteroatoms. The lowest BCUT2D eigenvalue weighted by atomic mass is 10.1. The maximum absolute atomic E-state index is 12.3. The summed E-state index contributed by atoms with van der Waals surface area (Å²) in [4.78, 5) is 12.3. The number of nitrogens with one attached hydrogen (secondary N) is 1. The Labute approximate surface area is 156 Å². The molecule has 0 unspecified atom stereocenters. The average molecular weight is 375 g/mol. The zero-order valence-electron chi connectivity index (χ0n) is 13.6. The molecule has 0 aromatic heterocycles. The van der Waals surface area contributed by atoms with Gasteiger partial charge >= 0.3 is 0 Å². The summed E-state index contributed by atoms with van der Waals surface area (Å²) < 4.78 is 5.50. The van der Waals surface area contributed by atoms with E-state index in [2.05, 4.69) is 5.32 Å². The maximum Gasteiger partial charge on any atom is 0.266 e. The van der Waals surface area contributed by atoms with E-state index in [-0.39, 0.29) is 5.57 Å². The van der Waals surface area contributed by atoms with E-state index in [1.165, 1.54) is 12.1 Å². The van der Waals surface area contributed by atoms with Gasteiger partial charge in [-0.05, 0) is 48.4 Å². The fourth-order valence-corrected chi connectivity index (χ4v) is 2.43. The second-order valence-electron chi connectivity index (χ2n) is 5.17. The Morgan fingerprint density at radius 1 is 1.24 bits per heavy atom. The molecule has 25 heavy (non-hydrogen) atoms. The van der Waals surface area contributed by atoms with Gasteiger partial charge in [-0.2, -0.15) is 5.26 Å². The van der Waals surface area contributed by atoms with Crippen LogP contribution in [0.15, 0.2) is 48.0 Å². The predicted octanol–water partition coefficient (Wildman–Crippen LogP) is 5.33. The van der Waals surface area contributed by atoms with Crippen LogP contribution in [0.25, 0.3) is 6.08 Å². The van der Waals surface area contributed by atoms with Crippen LogP contribution in [0.4, 0.5) is 5.69 Å². The first kappa shape index (κ1) is 18.9. The third kappa shape index (κ3) is 5.53. The molecule has 0 saturated carbocycles. The summed E-state index contributed by atoms with van der Waals surface area (Å²) in [5, 5.41) is 12.6. The quantitative estimate of drug-likeness (QED) is 0.549. The summed E-state index contributed by atoms with van der Waals surface area (Å²) in [6.45, 7) is 2.67. The largest absolute Gasteiger partial charge is 0.494 e. The first-order valence-corrected chi connectivity index (χ1v) is 8.40. The Balaban J connectivity index is 2.13. The first-order valence-electron chi connectivity index (χ1n) is 7.64. The summed E-state index contributed by atoms with van der Waals surface area (Å²) in [5.41, 5.74) is 1.08. The predicted molar refractivity (Wildman–Crippen MR) is 101 cm³/mol. The topological polar surface area (TPSA) is 62.1 Å². The number of hydrogen-bond donors (Lipinski definition) is 1. The molecule has 0 heterocycles. The molecule has 128 valence electrons. The lowest BCUT2D eigenvalue weighted by Crippen LogP contribution is -2.13. The van der Waals surface area contributed by atoms with Gasteiger partial charge in [-0.15, -0.1) is 0 Å². The highest BCUT2D eigenvalue weighted by molar-refractivity contribution is 6.36. The van der Waals surface area contributed by atoms with Gasteiger partial charge in [0, 0.05) is 5.02 Å². The number of hydrogen-bond acceptors (Lipinski definition) is 3. The van der Waals surface area contributed by atoms with E-state index in [1.807, 2.05) is 13.0 Å². The van der Waals surface area contributed by atoms with Crippen LogP contribution < -0.4 is 10.1 Å². The van der Waals surface area contributed by atoms with Crippen molar-refractivity contribution in [2.24, 2.45) is 0 Å². The summed E-state index contributed by atoms with van der Waals surface area (Å²) in [5.74, 6) is 0.202. The van der Waals surface area contributed by atoms with Crippen molar-refractivity contribution in [2.75, 3.05) is 11.9 Å². The van der Waals surface area contributed by atoms with Crippen molar-refractivity contribution < 1.29 is 9.53 Å². The standard InChI is InChI=1S/C19H16Cl2N2O2/c1-2-9-25-16-6-3-13(4-7-16)10-14(12-22)19(24)23-18-8-5-15(20)11-17(18)21/h3-8,10-11H,2,9H2,1H3,(H,23,24)/b14-10+. The van der Waals surface area contributed by atoms with E-state index in [9.17, 15) is 10.1 Å². The second-order valence-corrected chi connectivity index (χ2v) is 6.01. The highest BCUT2D eigenvalue weighted by Crippen LogP contribution is 2.26. The van der Waals surface area contributed by atoms with Crippen LogP contribution in [-0.2, 0) is 4.79 Å². The van der Waals surface area contributed by atoms with E-state index >= 15 is 0 Å². The van der Waals surface area contributed by atoms with Crippen molar-refractivity contribution >= 4 is 40.9 Å². The number of benzene rings is 2. The molecule has 0 aliphatic carbocycles. The Kier molecular flexibility index (Phi) is 6.88. The molecule has 0 radical (unpaired) electrons. The van der Waals surface area contributed by atoms with E-state index in [0.29, 0.717) is 22.3 Å². The monoisotopic (exact) mass is 374 g/mol. The van der Waals surface area contributed by atoms with Gasteiger partial charge in [0.25, 0.3) is 5.91 Å². The molecule has 4 nitrogen and oxygen atoms in total. The van der Waals surface area contributed by atoms with Crippen LogP contribution in [0.3, 0.4) is 0 Å². The van der Waals surface area contributed by atoms with Crippen LogP contribution in [-0.4, -0.2) is 12.5 Å². The van der Waals surface area contributed by atoms with Crippen LogP contribution >= 0.6 is 23.2 Å². The Bertz CT molecular complexity index is 824. The lowest BCUT2D eigenvalue weighted by molar-refractivity contribution is -0.112. The summed E-state index contributed by atoms with van der Waals surface area (Å²) >= 11 is 11.8. The van der Waals surface area contributed by atoms with Crippen molar-refractivity contribution in [2.45, 2.75) is 13.3 Å². The minimum atomic E-state index is -0.543. The number of nitriles is 1. The third-order valence-corrected chi connectivity index (χ3v) is 3.76. The fourth-order valence-electron chi connectivity index (χ4n) is 1.98. The SMILES string of the molecule is CCCOc1ccc(/C=C(\C#N)C(=O)Nc2ccc(Cl)cc2Cl)cc1. The number of rotatable bonds is 6. The van der Waals surface area contributed by atoms with Gasteiger partial charge in [0.15, 0.2) is 0 Å². The summed E-state index contributed by atoms with van der Waals surface area (Å²) in [6, 6.07) is 13.8. The summed E-state index contributed by atoms with van der Waals surface area (Å²) in [6.07, 6.45) is 2.43. The molecule has 1 N–H and O–H groups in total. The molecule has 0 spiro atoms. The van der Waals surface area contributed by atoms with Crippen LogP contribution in [0.2, 0.25) is 10.0 Å². The van der Waals surface area contributed by atoms with E-state index < -0.39 is 5.91 Å². The van der Waals surface area contributed by atoms with Crippen LogP contribution in [0, 0.1) is 11.3 Å². The molecule has 2 aromatic carbocycles. The molecule has 2 aromatic rings. The molecule has 0 fully saturated rings. The van der Waals surface area contributed by atoms with Crippen molar-refractivity contribution in [1.82, 2.24) is 0 Å². The minimum absolute atomic E-state index is 0.0340. The zero-order chi connectivity index (χ0) is 18.2. The second kappa shape index (κ2) is 9.12. The zero-order valence-corrected chi connectivity index (χ0v) is 15.1. The summed E-state index contributed by atoms with van der Waals surface area (Å²) in [7, 11) is 0. The van der Waals surface area contributed by atoms with Crippen molar-refractivity contribution in [1.29, 1.82) is 5.26 Å². The van der Waals surface area contributed by atoms with Gasteiger partial charge in [-0.25, -0.2) is 0 Å². The van der Waals surface area contributed by atoms with Gasteiger partial charge in [0.2, 0.25) is 0 Å². The molecule has 0 saturated heterocycles. The number of ether oxygens (including phenoxy) is 1. The van der Waals surface area contributed by atoms with Crippen LogP contribution in [0.5, 0.6) is 5.75 Å². The molecule has 0 aliphatic heterocycles. The highest BCUT2D eigenvalue weighted by Gasteiger charge is 2.11. The molecule has 2 rings (SSSR count). The minimum Gasteiger partial charge on any atom is -0.494 e. The van der Waals surface area contributed by atoms with Crippen LogP contribution in [0.1, 0.15) is 18.9 Å². The number of nitrogens with zero attached hydrogens (tertiary/aromatic N) is 1. The van der Waals surface area contributed by atoms with Gasteiger partial charge < -0.3 is 10.1 Å². The van der Waals surface area contributed by atoms with E-state index in [1.54, 1.807) is 36.4 Å². The fraction of sp³-hybridized carbons (Fsp3) is 0.158. The Hall–Kier alpha value is -2.48. The number of halogens is 2. The number of carbonyl (C=O) groups excluding carboxylic acids is 1. The number of amides is 1. The lowest BCUT2D eigenvalue weighted by Gasteiger charge is -2.07. The highest BCUT2D eigenvalue weighted by atomic mass is 35.5. The molecule has 0 aliphatic rings. The van der Waals surface area contributed by atoms with E-state index in [0.717, 1.165) is 17.7 Å². The van der Waals surface area contributed by atoms with Gasteiger partial charge in [0.05, 0.1) is 17.3 Å². The first-order chi connectivity index (χ1) is 12.0. The van der Waals surface area contributed by atoms with Gasteiger partial charge in [0.1, 0.15) is 17.4 Å². The normalized spacial score (nSPS) is 10.9. The molecule has 0 bridgehead atoms. The molecular formula is C19H16Cl2N2O2. The van der Waals surface area contributed by atoms with Gasteiger partial charge in [-0.3, -0.25) is 4.79 Å². The Morgan fingerprint density at radius 2 is 1.96 bits per heavy atom. The number of anilines is 1. The molecular weight excluding hydrogens is 359 g/mol. The maximum atomic E-state index is 12.3. The van der Waals surface area contributed by atoms with Gasteiger partial charge in [-0.1, -0.05) is 42.3 Å². The smallest absolute Gasteiger partial charge is 0.266 e.